The number of nitrogens with zero attached hydrogens (tertiary/aromatic N) is 8. The number of aromatic nitrogens is 6. The van der Waals surface area contributed by atoms with Crippen molar-refractivity contribution in [2.75, 3.05) is 34.1 Å². The van der Waals surface area contributed by atoms with Gasteiger partial charge < -0.3 is 32.2 Å². The lowest BCUT2D eigenvalue weighted by Crippen LogP contribution is -2.14. The first-order chi connectivity index (χ1) is 36.0. The maximum Gasteiger partial charge on any atom is 0.331 e. The molecule has 25 heteroatoms. The molecule has 0 saturated heterocycles. The number of nitrogens with two attached hydrogens (primary N) is 2. The van der Waals surface area contributed by atoms with E-state index < -0.39 is 9.85 Å². The number of pyridine rings is 4. The number of imidazole rings is 1. The Bertz CT molecular complexity index is 3210. The van der Waals surface area contributed by atoms with Gasteiger partial charge in [0.1, 0.15) is 23.1 Å². The van der Waals surface area contributed by atoms with E-state index in [1.807, 2.05) is 52.9 Å². The number of nitro groups is 2. The van der Waals surface area contributed by atoms with Gasteiger partial charge in [-0.05, 0) is 126 Å². The normalized spacial score (nSPS) is 9.49. The molecule has 384 valence electrons. The Kier molecular flexibility index (Phi) is 28.4. The van der Waals surface area contributed by atoms with Gasteiger partial charge in [-0.2, -0.15) is 5.26 Å². The van der Waals surface area contributed by atoms with Crippen molar-refractivity contribution < 1.29 is 16.3 Å². The summed E-state index contributed by atoms with van der Waals surface area (Å²) in [6.45, 7) is 1.43. The van der Waals surface area contributed by atoms with Crippen LogP contribution in [0.2, 0.25) is 25.1 Å². The number of aliphatic hydroxyl groups excluding tert-OH is 1. The Labute approximate surface area is 464 Å². The minimum atomic E-state index is -0.574. The van der Waals surface area contributed by atoms with Crippen LogP contribution in [0.4, 0.5) is 45.5 Å². The maximum absolute atomic E-state index is 11.9. The van der Waals surface area contributed by atoms with Crippen LogP contribution >= 0.6 is 80.6 Å². The molecule has 0 bridgehead atoms. The summed E-state index contributed by atoms with van der Waals surface area (Å²) in [5.41, 5.74) is 17.3. The van der Waals surface area contributed by atoms with Crippen LogP contribution in [-0.4, -0.2) is 56.5 Å². The largest absolute Gasteiger partial charge is 0.400 e. The van der Waals surface area contributed by atoms with Gasteiger partial charge >= 0.3 is 17.1 Å². The predicted octanol–water partition coefficient (Wildman–Crippen LogP) is 13.6. The number of alkyl halides is 1. The third-order valence-corrected chi connectivity index (χ3v) is 9.81. The van der Waals surface area contributed by atoms with Crippen LogP contribution in [0.3, 0.4) is 0 Å². The predicted molar refractivity (Wildman–Crippen MR) is 307 cm³/mol. The number of aromatic amines is 1. The summed E-state index contributed by atoms with van der Waals surface area (Å²) < 4.78 is 7.79. The minimum Gasteiger partial charge on any atom is -0.400 e. The molecule has 19 nitrogen and oxygen atoms in total. The topological polar surface area (TPSA) is 296 Å². The van der Waals surface area contributed by atoms with Crippen LogP contribution < -0.4 is 27.8 Å². The summed E-state index contributed by atoms with van der Waals surface area (Å²) in [7, 11) is 1.00. The second-order valence-electron chi connectivity index (χ2n) is 13.4. The fourth-order valence-corrected chi connectivity index (χ4v) is 5.99. The van der Waals surface area contributed by atoms with E-state index in [9.17, 15) is 25.0 Å². The molecule has 0 radical (unpaired) electrons. The minimum absolute atomic E-state index is 0.0672. The van der Waals surface area contributed by atoms with Gasteiger partial charge in [0.2, 0.25) is 0 Å². The van der Waals surface area contributed by atoms with Gasteiger partial charge in [-0.1, -0.05) is 80.6 Å². The van der Waals surface area contributed by atoms with Gasteiger partial charge in [0, 0.05) is 77.3 Å². The standard InChI is InChI=1S/C12H8ClN3O.C11H8ClN3O2.C11H10ClN3.C6H6ClN.C5H3ClN2O2.C2H3N.CH3I.CH4O/c13-8-1-3-9(4-2-8)16-11-5-6-14-7-10(11)15-12(16)17;12-8-1-3-9(4-2-8)14-10-5-6-13-7-11(10)15(16)17;12-8-1-3-9(4-2-8)15-11-5-6-14-7-10(11)13;7-5-1-3-6(8)4-2-5;6-4-1-2-7-3-5(4)8(9)10;1-2-3;2*1-2/h1-7H,(H,15,17);1-7H,(H,13,14);1-7H,13H2,(H,14,15);1-4H,8H2;1-3H;1H3;1H3;2H,1H3/i;;;;;;1D;. The van der Waals surface area contributed by atoms with E-state index in [4.69, 9.17) is 81.2 Å². The van der Waals surface area contributed by atoms with Crippen molar-refractivity contribution in [2.24, 2.45) is 0 Å². The molecule has 0 amide bonds. The monoisotopic (exact) mass is 1210 g/mol. The molecule has 4 aromatic carbocycles. The first-order valence-corrected chi connectivity index (χ1v) is 23.9. The smallest absolute Gasteiger partial charge is 0.331 e. The van der Waals surface area contributed by atoms with Crippen molar-refractivity contribution in [3.8, 4) is 11.8 Å². The Morgan fingerprint density at radius 3 is 1.49 bits per heavy atom. The van der Waals surface area contributed by atoms with Gasteiger partial charge in [-0.25, -0.2) is 4.79 Å². The molecule has 5 aromatic heterocycles. The molecule has 0 saturated carbocycles. The molecule has 8 N–H and O–H groups in total. The summed E-state index contributed by atoms with van der Waals surface area (Å²) >= 11 is 30.3. The van der Waals surface area contributed by atoms with E-state index in [2.05, 4.69) is 35.6 Å². The number of nitriles is 1. The fraction of sp³-hybridized carbons (Fsp3) is 0.0612. The average molecular weight is 1220 g/mol. The van der Waals surface area contributed by atoms with Gasteiger partial charge in [0.05, 0.1) is 56.4 Å². The van der Waals surface area contributed by atoms with Crippen LogP contribution in [0.5, 0.6) is 0 Å². The molecule has 0 aliphatic carbocycles. The zero-order valence-corrected chi connectivity index (χ0v) is 44.8. The van der Waals surface area contributed by atoms with E-state index >= 15 is 0 Å². The first-order valence-electron chi connectivity index (χ1n) is 21.2. The number of halogens is 6. The Morgan fingerprint density at radius 1 is 0.649 bits per heavy atom. The lowest BCUT2D eigenvalue weighted by Gasteiger charge is -2.08. The number of aliphatic hydroxyl groups is 1. The third-order valence-electron chi connectivity index (χ3n) is 8.48. The fourth-order valence-electron chi connectivity index (χ4n) is 5.31. The molecule has 9 rings (SSSR count). The van der Waals surface area contributed by atoms with Gasteiger partial charge in [0.15, 0.2) is 0 Å². The third kappa shape index (κ3) is 22.0. The van der Waals surface area contributed by atoms with Gasteiger partial charge in [-0.15, -0.1) is 0 Å². The summed E-state index contributed by atoms with van der Waals surface area (Å²) in [5.74, 6) is 0. The molecule has 0 fully saturated rings. The SMILES string of the molecule is CC#N.CO.Nc1ccc(Cl)cc1.Nc1cnccc1Nc1ccc(Cl)cc1.O=[N+]([O-])c1cnccc1Cl.O=[N+]([O-])c1cnccc1Nc1ccc(Cl)cc1.O=c1[nH]c2cnccc2n1-c1ccc(Cl)cc1.[2H]CI. The summed E-state index contributed by atoms with van der Waals surface area (Å²) in [4.78, 5) is 50.1. The van der Waals surface area contributed by atoms with E-state index in [1.165, 1.54) is 31.6 Å². The van der Waals surface area contributed by atoms with Gasteiger partial charge in [0.25, 0.3) is 0 Å². The lowest BCUT2D eigenvalue weighted by atomic mass is 10.3. The van der Waals surface area contributed by atoms with Crippen LogP contribution in [0.25, 0.3) is 16.7 Å². The molecule has 0 spiro atoms. The molecule has 74 heavy (non-hydrogen) atoms. The van der Waals surface area contributed by atoms with E-state index in [-0.39, 0.29) is 22.1 Å². The highest BCUT2D eigenvalue weighted by Gasteiger charge is 2.13. The molecule has 0 aliphatic heterocycles. The molecule has 0 unspecified atom stereocenters. The van der Waals surface area contributed by atoms with E-state index in [1.54, 1.807) is 120 Å². The summed E-state index contributed by atoms with van der Waals surface area (Å²) in [6, 6.07) is 36.8. The Balaban J connectivity index is 0.000000316. The van der Waals surface area contributed by atoms with Crippen molar-refractivity contribution in [3.05, 3.63) is 227 Å². The second kappa shape index (κ2) is 34.7. The number of hydrogen-bond donors (Lipinski definition) is 6. The highest BCUT2D eigenvalue weighted by atomic mass is 127. The van der Waals surface area contributed by atoms with Crippen LogP contribution in [0.15, 0.2) is 176 Å². The van der Waals surface area contributed by atoms with Crippen molar-refractivity contribution in [3.63, 3.8) is 0 Å². The Hall–Kier alpha value is -7.62. The number of anilines is 6. The van der Waals surface area contributed by atoms with Crippen molar-refractivity contribution >= 4 is 137 Å². The molecule has 9 aromatic rings. The number of H-pyrrole nitrogens is 1. The number of fused-ring (bicyclic) bond motifs is 1. The van der Waals surface area contributed by atoms with Crippen molar-refractivity contribution in [1.29, 1.82) is 5.26 Å². The summed E-state index contributed by atoms with van der Waals surface area (Å²) in [6.07, 6.45) is 11.8. The molecular formula is C49H45Cl5IN13O6. The molecule has 5 heterocycles. The average Bonchev–Trinajstić information content (AvgIpc) is 3.74. The molecule has 0 atom stereocenters. The number of nitrogens with one attached hydrogen (secondary N) is 3. The zero-order valence-electron chi connectivity index (χ0n) is 39.9. The maximum atomic E-state index is 11.9. The second-order valence-corrected chi connectivity index (χ2v) is 15.5. The Morgan fingerprint density at radius 2 is 1.04 bits per heavy atom. The number of nitrogen functional groups attached to an aromatic ring is 2. The highest BCUT2D eigenvalue weighted by Crippen LogP contribution is 2.27. The lowest BCUT2D eigenvalue weighted by molar-refractivity contribution is -0.385. The number of hydrogen-bond acceptors (Lipinski definition) is 15. The van der Waals surface area contributed by atoms with E-state index in [0.29, 0.717) is 36.9 Å². The van der Waals surface area contributed by atoms with Crippen LogP contribution in [0, 0.1) is 31.6 Å². The quantitative estimate of drug-likeness (QED) is 0.0284. The van der Waals surface area contributed by atoms with Crippen molar-refractivity contribution in [1.82, 2.24) is 29.5 Å². The van der Waals surface area contributed by atoms with Crippen LogP contribution in [0.1, 0.15) is 8.29 Å². The van der Waals surface area contributed by atoms with E-state index in [0.717, 1.165) is 52.3 Å². The van der Waals surface area contributed by atoms with Crippen LogP contribution in [-0.2, 0) is 0 Å². The first kappa shape index (κ1) is 60.7. The molecular weight excluding hydrogens is 1170 g/mol. The highest BCUT2D eigenvalue weighted by molar-refractivity contribution is 14.1. The van der Waals surface area contributed by atoms with Gasteiger partial charge in [-0.3, -0.25) is 44.7 Å². The number of benzene rings is 4. The zero-order chi connectivity index (χ0) is 55.7. The summed E-state index contributed by atoms with van der Waals surface area (Å²) in [5, 5.41) is 44.1. The molecule has 0 aliphatic rings. The number of rotatable bonds is 7. The van der Waals surface area contributed by atoms with Crippen molar-refractivity contribution in [2.45, 2.75) is 6.92 Å².